The first-order valence-corrected chi connectivity index (χ1v) is 7.08. The summed E-state index contributed by atoms with van der Waals surface area (Å²) in [6.07, 6.45) is 3.07. The summed E-state index contributed by atoms with van der Waals surface area (Å²) >= 11 is 0. The molecule has 0 aromatic heterocycles. The summed E-state index contributed by atoms with van der Waals surface area (Å²) in [5.41, 5.74) is 3.21. The molecule has 0 bridgehead atoms. The van der Waals surface area contributed by atoms with Crippen LogP contribution >= 0.6 is 0 Å². The van der Waals surface area contributed by atoms with E-state index in [4.69, 9.17) is 0 Å². The Morgan fingerprint density at radius 2 is 2.25 bits per heavy atom. The van der Waals surface area contributed by atoms with E-state index in [1.165, 1.54) is 0 Å². The molecule has 2 aliphatic heterocycles. The lowest BCUT2D eigenvalue weighted by Crippen LogP contribution is -2.38. The van der Waals surface area contributed by atoms with Crippen molar-refractivity contribution in [3.63, 3.8) is 0 Å². The molecule has 2 aliphatic rings. The summed E-state index contributed by atoms with van der Waals surface area (Å²) in [6, 6.07) is 7.99. The molecule has 20 heavy (non-hydrogen) atoms. The summed E-state index contributed by atoms with van der Waals surface area (Å²) in [4.78, 5) is 16.2. The average Bonchev–Trinajstić information content (AvgIpc) is 2.93. The van der Waals surface area contributed by atoms with E-state index >= 15 is 0 Å². The molecule has 1 saturated heterocycles. The van der Waals surface area contributed by atoms with E-state index in [0.29, 0.717) is 6.54 Å². The third-order valence-electron chi connectivity index (χ3n) is 4.20. The van der Waals surface area contributed by atoms with E-state index in [0.717, 1.165) is 23.2 Å². The van der Waals surface area contributed by atoms with Crippen molar-refractivity contribution in [1.29, 1.82) is 0 Å². The van der Waals surface area contributed by atoms with Gasteiger partial charge in [-0.05, 0) is 25.8 Å². The zero-order valence-electron chi connectivity index (χ0n) is 11.9. The van der Waals surface area contributed by atoms with Crippen molar-refractivity contribution in [3.05, 3.63) is 47.2 Å². The minimum atomic E-state index is -0.263. The fraction of sp³-hybridized carbons (Fsp3) is 0.438. The largest absolute Gasteiger partial charge is 0.394 e. The Morgan fingerprint density at radius 3 is 2.90 bits per heavy atom. The number of fused-ring (bicyclic) bond motifs is 1. The minimum absolute atomic E-state index is 0.0156. The van der Waals surface area contributed by atoms with Gasteiger partial charge in [-0.3, -0.25) is 4.90 Å². The molecule has 1 aromatic carbocycles. The number of aryl methyl sites for hydroxylation is 1. The summed E-state index contributed by atoms with van der Waals surface area (Å²) in [5.74, 6) is 0. The molecule has 0 saturated carbocycles. The Balaban J connectivity index is 1.90. The number of hydrogen-bond donors (Lipinski definition) is 1. The van der Waals surface area contributed by atoms with Gasteiger partial charge in [-0.2, -0.15) is 0 Å². The van der Waals surface area contributed by atoms with Gasteiger partial charge < -0.3 is 10.0 Å². The van der Waals surface area contributed by atoms with Crippen LogP contribution in [0.2, 0.25) is 0 Å². The number of amides is 2. The van der Waals surface area contributed by atoms with Gasteiger partial charge in [0.05, 0.1) is 19.2 Å². The molecule has 0 radical (unpaired) electrons. The van der Waals surface area contributed by atoms with E-state index < -0.39 is 0 Å². The van der Waals surface area contributed by atoms with E-state index in [2.05, 4.69) is 13.0 Å². The van der Waals surface area contributed by atoms with Gasteiger partial charge in [-0.1, -0.05) is 35.9 Å². The van der Waals surface area contributed by atoms with Crippen molar-refractivity contribution in [2.45, 2.75) is 32.4 Å². The van der Waals surface area contributed by atoms with Crippen LogP contribution in [0, 0.1) is 6.92 Å². The Bertz CT molecular complexity index is 567. The number of carbonyl (C=O) groups is 1. The van der Waals surface area contributed by atoms with E-state index in [-0.39, 0.29) is 24.7 Å². The van der Waals surface area contributed by atoms with Gasteiger partial charge in [-0.25, -0.2) is 4.79 Å². The molecule has 2 amide bonds. The topological polar surface area (TPSA) is 43.8 Å². The van der Waals surface area contributed by atoms with Crippen LogP contribution in [0.4, 0.5) is 4.79 Å². The molecule has 1 N–H and O–H groups in total. The first kappa shape index (κ1) is 13.2. The van der Waals surface area contributed by atoms with Gasteiger partial charge in [0.2, 0.25) is 0 Å². The molecule has 0 spiro atoms. The molecule has 4 heteroatoms. The lowest BCUT2D eigenvalue weighted by Gasteiger charge is -2.27. The summed E-state index contributed by atoms with van der Waals surface area (Å²) in [7, 11) is 0. The summed E-state index contributed by atoms with van der Waals surface area (Å²) < 4.78 is 0. The van der Waals surface area contributed by atoms with Gasteiger partial charge in [-0.15, -0.1) is 0 Å². The van der Waals surface area contributed by atoms with Crippen LogP contribution < -0.4 is 0 Å². The molecular formula is C16H20N2O2. The number of urea groups is 1. The number of benzene rings is 1. The van der Waals surface area contributed by atoms with Gasteiger partial charge in [0.25, 0.3) is 0 Å². The summed E-state index contributed by atoms with van der Waals surface area (Å²) in [6.45, 7) is 4.63. The second-order valence-corrected chi connectivity index (χ2v) is 5.67. The van der Waals surface area contributed by atoms with Gasteiger partial charge in [0, 0.05) is 11.7 Å². The average molecular weight is 272 g/mol. The molecule has 3 rings (SSSR count). The second kappa shape index (κ2) is 4.94. The zero-order chi connectivity index (χ0) is 14.3. The minimum Gasteiger partial charge on any atom is -0.394 e. The fourth-order valence-corrected chi connectivity index (χ4v) is 3.13. The van der Waals surface area contributed by atoms with Crippen LogP contribution in [0.25, 0.3) is 0 Å². The SMILES string of the molecule is Cc1cccc([C@@H](CO)N2CC3=CCC(C)N3C2=O)c1. The summed E-state index contributed by atoms with van der Waals surface area (Å²) in [5, 5.41) is 9.75. The van der Waals surface area contributed by atoms with Crippen molar-refractivity contribution in [2.75, 3.05) is 13.2 Å². The molecule has 106 valence electrons. The van der Waals surface area contributed by atoms with Crippen LogP contribution in [0.1, 0.15) is 30.5 Å². The Morgan fingerprint density at radius 1 is 1.45 bits per heavy atom. The number of hydrogen-bond acceptors (Lipinski definition) is 2. The third-order valence-corrected chi connectivity index (χ3v) is 4.20. The van der Waals surface area contributed by atoms with Crippen LogP contribution in [-0.2, 0) is 0 Å². The van der Waals surface area contributed by atoms with Crippen molar-refractivity contribution >= 4 is 6.03 Å². The van der Waals surface area contributed by atoms with E-state index in [9.17, 15) is 9.90 Å². The molecule has 1 fully saturated rings. The van der Waals surface area contributed by atoms with Crippen LogP contribution in [0.15, 0.2) is 36.0 Å². The highest BCUT2D eigenvalue weighted by Gasteiger charge is 2.41. The lowest BCUT2D eigenvalue weighted by atomic mass is 10.0. The van der Waals surface area contributed by atoms with E-state index in [1.807, 2.05) is 36.1 Å². The zero-order valence-corrected chi connectivity index (χ0v) is 11.9. The first-order valence-electron chi connectivity index (χ1n) is 7.08. The molecule has 1 unspecified atom stereocenters. The first-order chi connectivity index (χ1) is 9.61. The maximum Gasteiger partial charge on any atom is 0.325 e. The highest BCUT2D eigenvalue weighted by Crippen LogP contribution is 2.34. The standard InChI is InChI=1S/C16H20N2O2/c1-11-4-3-5-13(8-11)15(10-19)17-9-14-7-6-12(2)18(14)16(17)20/h3-5,7-8,12,15,19H,6,9-10H2,1-2H3/t12?,15-/m1/s1. The lowest BCUT2D eigenvalue weighted by molar-refractivity contribution is 0.139. The van der Waals surface area contributed by atoms with Crippen LogP contribution in [0.3, 0.4) is 0 Å². The van der Waals surface area contributed by atoms with Crippen molar-refractivity contribution < 1.29 is 9.90 Å². The van der Waals surface area contributed by atoms with Gasteiger partial charge in [0.15, 0.2) is 0 Å². The number of nitrogens with zero attached hydrogens (tertiary/aromatic N) is 2. The highest BCUT2D eigenvalue weighted by atomic mass is 16.3. The fourth-order valence-electron chi connectivity index (χ4n) is 3.13. The van der Waals surface area contributed by atoms with Crippen molar-refractivity contribution in [3.8, 4) is 0 Å². The molecule has 1 aromatic rings. The third kappa shape index (κ3) is 2.00. The number of rotatable bonds is 3. The maximum absolute atomic E-state index is 12.6. The Labute approximate surface area is 119 Å². The monoisotopic (exact) mass is 272 g/mol. The number of carbonyl (C=O) groups excluding carboxylic acids is 1. The van der Waals surface area contributed by atoms with E-state index in [1.54, 1.807) is 4.90 Å². The van der Waals surface area contributed by atoms with Crippen molar-refractivity contribution in [2.24, 2.45) is 0 Å². The smallest absolute Gasteiger partial charge is 0.325 e. The van der Waals surface area contributed by atoms with Gasteiger partial charge in [0.1, 0.15) is 0 Å². The number of aliphatic hydroxyl groups excluding tert-OH is 1. The maximum atomic E-state index is 12.6. The quantitative estimate of drug-likeness (QED) is 0.918. The number of aliphatic hydroxyl groups is 1. The highest BCUT2D eigenvalue weighted by molar-refractivity contribution is 5.81. The predicted molar refractivity (Wildman–Crippen MR) is 77.1 cm³/mol. The van der Waals surface area contributed by atoms with Gasteiger partial charge >= 0.3 is 6.03 Å². The molecule has 0 aliphatic carbocycles. The Hall–Kier alpha value is -1.81. The van der Waals surface area contributed by atoms with Crippen LogP contribution in [0.5, 0.6) is 0 Å². The molecule has 2 atom stereocenters. The normalized spacial score (nSPS) is 23.1. The Kier molecular flexibility index (Phi) is 3.26. The molecule has 4 nitrogen and oxygen atoms in total. The van der Waals surface area contributed by atoms with Crippen LogP contribution in [-0.4, -0.2) is 40.1 Å². The molecular weight excluding hydrogens is 252 g/mol. The second-order valence-electron chi connectivity index (χ2n) is 5.67. The molecule has 2 heterocycles. The van der Waals surface area contributed by atoms with Crippen molar-refractivity contribution in [1.82, 2.24) is 9.80 Å². The predicted octanol–water partition coefficient (Wildman–Crippen LogP) is 2.44.